The van der Waals surface area contributed by atoms with Crippen molar-refractivity contribution >= 4 is 39.5 Å². The minimum Gasteiger partial charge on any atom is -0.493 e. The van der Waals surface area contributed by atoms with E-state index in [9.17, 15) is 9.59 Å². The zero-order valence-electron chi connectivity index (χ0n) is 21.0. The Labute approximate surface area is 225 Å². The van der Waals surface area contributed by atoms with Crippen LogP contribution in [0.25, 0.3) is 6.08 Å². The van der Waals surface area contributed by atoms with Gasteiger partial charge in [-0.15, -0.1) is 0 Å². The fourth-order valence-corrected chi connectivity index (χ4v) is 4.45. The van der Waals surface area contributed by atoms with E-state index in [-0.39, 0.29) is 5.57 Å². The molecule has 1 atom stereocenters. The van der Waals surface area contributed by atoms with Gasteiger partial charge in [0, 0.05) is 0 Å². The van der Waals surface area contributed by atoms with E-state index < -0.39 is 11.8 Å². The van der Waals surface area contributed by atoms with Gasteiger partial charge < -0.3 is 14.2 Å². The number of amides is 2. The summed E-state index contributed by atoms with van der Waals surface area (Å²) in [7, 11) is 1.53. The molecular weight excluding hydrogens is 536 g/mol. The van der Waals surface area contributed by atoms with Gasteiger partial charge in [0.1, 0.15) is 24.5 Å². The summed E-state index contributed by atoms with van der Waals surface area (Å²) in [5.74, 6) is 1.37. The highest BCUT2D eigenvalue weighted by molar-refractivity contribution is 9.10. The number of carbonyl (C=O) groups is 2. The van der Waals surface area contributed by atoms with E-state index in [0.717, 1.165) is 12.2 Å². The predicted molar refractivity (Wildman–Crippen MR) is 147 cm³/mol. The van der Waals surface area contributed by atoms with Crippen LogP contribution in [0, 0.1) is 0 Å². The first-order valence-corrected chi connectivity index (χ1v) is 12.9. The molecule has 4 rings (SSSR count). The molecule has 1 aliphatic heterocycles. The standard InChI is InChI=1S/C29H29BrN2O5/c1-4-19(2)21-10-12-23(13-11-21)36-14-15-37-27-25(30)17-20(18-26(27)35-3)16-24-28(33)31-32(29(24)34)22-8-6-5-7-9-22/h5-13,16-19H,4,14-15H2,1-3H3,(H,31,33). The molecular formula is C29H29BrN2O5. The van der Waals surface area contributed by atoms with Crippen molar-refractivity contribution in [3.8, 4) is 17.2 Å². The number of methoxy groups -OCH3 is 1. The highest BCUT2D eigenvalue weighted by atomic mass is 79.9. The van der Waals surface area contributed by atoms with E-state index >= 15 is 0 Å². The van der Waals surface area contributed by atoms with Gasteiger partial charge in [0.15, 0.2) is 11.5 Å². The third-order valence-electron chi connectivity index (χ3n) is 6.13. The fraction of sp³-hybridized carbons (Fsp3) is 0.241. The number of benzene rings is 3. The van der Waals surface area contributed by atoms with Crippen molar-refractivity contribution in [3.05, 3.63) is 87.9 Å². The van der Waals surface area contributed by atoms with E-state index in [1.54, 1.807) is 36.4 Å². The van der Waals surface area contributed by atoms with Crippen LogP contribution in [0.5, 0.6) is 17.2 Å². The van der Waals surface area contributed by atoms with Gasteiger partial charge in [-0.2, -0.15) is 0 Å². The van der Waals surface area contributed by atoms with E-state index in [4.69, 9.17) is 14.2 Å². The third-order valence-corrected chi connectivity index (χ3v) is 6.72. The minimum absolute atomic E-state index is 0.0271. The molecule has 1 heterocycles. The Morgan fingerprint density at radius 1 is 1.00 bits per heavy atom. The quantitative estimate of drug-likeness (QED) is 0.189. The van der Waals surface area contributed by atoms with Crippen LogP contribution in [0.3, 0.4) is 0 Å². The summed E-state index contributed by atoms with van der Waals surface area (Å²) >= 11 is 3.52. The lowest BCUT2D eigenvalue weighted by Crippen LogP contribution is -2.35. The zero-order valence-corrected chi connectivity index (χ0v) is 22.6. The van der Waals surface area contributed by atoms with Gasteiger partial charge in [0.05, 0.1) is 17.3 Å². The summed E-state index contributed by atoms with van der Waals surface area (Å²) in [6.45, 7) is 5.03. The molecule has 3 aromatic carbocycles. The number of hydrazine groups is 1. The van der Waals surface area contributed by atoms with Gasteiger partial charge >= 0.3 is 0 Å². The number of ether oxygens (including phenoxy) is 3. The van der Waals surface area contributed by atoms with Gasteiger partial charge in [0.25, 0.3) is 11.8 Å². The number of para-hydroxylation sites is 1. The average molecular weight is 565 g/mol. The Balaban J connectivity index is 1.41. The molecule has 2 amide bonds. The highest BCUT2D eigenvalue weighted by Gasteiger charge is 2.34. The number of anilines is 1. The van der Waals surface area contributed by atoms with Gasteiger partial charge in [-0.05, 0) is 81.9 Å². The van der Waals surface area contributed by atoms with Crippen molar-refractivity contribution in [2.24, 2.45) is 0 Å². The molecule has 0 aromatic heterocycles. The molecule has 37 heavy (non-hydrogen) atoms. The van der Waals surface area contributed by atoms with Crippen LogP contribution in [-0.2, 0) is 9.59 Å². The smallest absolute Gasteiger partial charge is 0.282 e. The Morgan fingerprint density at radius 3 is 2.38 bits per heavy atom. The molecule has 1 fully saturated rings. The van der Waals surface area contributed by atoms with Crippen molar-refractivity contribution in [1.82, 2.24) is 5.43 Å². The van der Waals surface area contributed by atoms with Crippen molar-refractivity contribution in [2.75, 3.05) is 25.3 Å². The lowest BCUT2D eigenvalue weighted by atomic mass is 9.99. The lowest BCUT2D eigenvalue weighted by molar-refractivity contribution is -0.117. The van der Waals surface area contributed by atoms with E-state index in [2.05, 4.69) is 47.3 Å². The predicted octanol–water partition coefficient (Wildman–Crippen LogP) is 5.89. The van der Waals surface area contributed by atoms with Crippen LogP contribution < -0.4 is 24.6 Å². The van der Waals surface area contributed by atoms with E-state index in [0.29, 0.717) is 46.4 Å². The number of nitrogens with one attached hydrogen (secondary N) is 1. The summed E-state index contributed by atoms with van der Waals surface area (Å²) in [4.78, 5) is 25.4. The number of rotatable bonds is 10. The molecule has 3 aromatic rings. The van der Waals surface area contributed by atoms with Crippen molar-refractivity contribution in [2.45, 2.75) is 26.2 Å². The second kappa shape index (κ2) is 12.0. The summed E-state index contributed by atoms with van der Waals surface area (Å²) in [5, 5.41) is 1.23. The van der Waals surface area contributed by atoms with Crippen molar-refractivity contribution in [3.63, 3.8) is 0 Å². The largest absolute Gasteiger partial charge is 0.493 e. The first-order chi connectivity index (χ1) is 17.9. The summed E-state index contributed by atoms with van der Waals surface area (Å²) < 4.78 is 17.9. The molecule has 7 nitrogen and oxygen atoms in total. The van der Waals surface area contributed by atoms with Crippen LogP contribution >= 0.6 is 15.9 Å². The molecule has 1 unspecified atom stereocenters. The number of nitrogens with zero attached hydrogens (tertiary/aromatic N) is 1. The Bertz CT molecular complexity index is 1290. The van der Waals surface area contributed by atoms with E-state index in [1.165, 1.54) is 23.8 Å². The maximum atomic E-state index is 12.9. The molecule has 1 aliphatic rings. The summed E-state index contributed by atoms with van der Waals surface area (Å²) in [5.41, 5.74) is 5.11. The van der Waals surface area contributed by atoms with Gasteiger partial charge in [0.2, 0.25) is 0 Å². The third kappa shape index (κ3) is 6.14. The molecule has 8 heteroatoms. The lowest BCUT2D eigenvalue weighted by Gasteiger charge is -2.15. The summed E-state index contributed by atoms with van der Waals surface area (Å²) in [6.07, 6.45) is 2.63. The SMILES string of the molecule is CCC(C)c1ccc(OCCOc2c(Br)cc(C=C3C(=O)NN(c4ccccc4)C3=O)cc2OC)cc1. The second-order valence-corrected chi connectivity index (χ2v) is 9.44. The fourth-order valence-electron chi connectivity index (χ4n) is 3.88. The topological polar surface area (TPSA) is 77.1 Å². The van der Waals surface area contributed by atoms with Gasteiger partial charge in [-0.25, -0.2) is 5.01 Å². The monoisotopic (exact) mass is 564 g/mol. The molecule has 1 saturated heterocycles. The molecule has 0 saturated carbocycles. The van der Waals surface area contributed by atoms with Crippen LogP contribution in [0.15, 0.2) is 76.8 Å². The Hall–Kier alpha value is -3.78. The first kappa shape index (κ1) is 26.3. The van der Waals surface area contributed by atoms with E-state index in [1.807, 2.05) is 18.2 Å². The maximum Gasteiger partial charge on any atom is 0.282 e. The molecule has 0 spiro atoms. The van der Waals surface area contributed by atoms with Gasteiger partial charge in [-0.1, -0.05) is 44.2 Å². The zero-order chi connectivity index (χ0) is 26.4. The number of hydrogen-bond donors (Lipinski definition) is 1. The van der Waals surface area contributed by atoms with Crippen molar-refractivity contribution in [1.29, 1.82) is 0 Å². The number of halogens is 1. The van der Waals surface area contributed by atoms with Crippen LogP contribution in [-0.4, -0.2) is 32.1 Å². The normalized spacial score (nSPS) is 15.0. The first-order valence-electron chi connectivity index (χ1n) is 12.1. The Morgan fingerprint density at radius 2 is 1.70 bits per heavy atom. The van der Waals surface area contributed by atoms with Crippen LogP contribution in [0.1, 0.15) is 37.3 Å². The van der Waals surface area contributed by atoms with Crippen LogP contribution in [0.4, 0.5) is 5.69 Å². The minimum atomic E-state index is -0.474. The van der Waals surface area contributed by atoms with Gasteiger partial charge in [-0.3, -0.25) is 15.0 Å². The molecule has 0 bridgehead atoms. The molecule has 192 valence electrons. The van der Waals surface area contributed by atoms with Crippen molar-refractivity contribution < 1.29 is 23.8 Å². The number of carbonyl (C=O) groups excluding carboxylic acids is 2. The summed E-state index contributed by atoms with van der Waals surface area (Å²) in [6, 6.07) is 20.5. The highest BCUT2D eigenvalue weighted by Crippen LogP contribution is 2.37. The average Bonchev–Trinajstić information content (AvgIpc) is 3.20. The second-order valence-electron chi connectivity index (χ2n) is 8.58. The molecule has 0 radical (unpaired) electrons. The number of hydrogen-bond acceptors (Lipinski definition) is 5. The molecule has 0 aliphatic carbocycles. The Kier molecular flexibility index (Phi) is 8.50. The maximum absolute atomic E-state index is 12.9. The van der Waals surface area contributed by atoms with Crippen LogP contribution in [0.2, 0.25) is 0 Å². The molecule has 1 N–H and O–H groups in total.